The van der Waals surface area contributed by atoms with Crippen LogP contribution in [-0.2, 0) is 16.6 Å². The molecule has 6 nitrogen and oxygen atoms in total. The fourth-order valence-corrected chi connectivity index (χ4v) is 3.86. The summed E-state index contributed by atoms with van der Waals surface area (Å²) >= 11 is 10.2. The Bertz CT molecular complexity index is 778. The fourth-order valence-electron chi connectivity index (χ4n) is 1.45. The van der Waals surface area contributed by atoms with Crippen LogP contribution in [0, 0.1) is 0 Å². The van der Waals surface area contributed by atoms with E-state index in [1.807, 2.05) is 0 Å². The van der Waals surface area contributed by atoms with Gasteiger partial charge in [-0.15, -0.1) is 11.3 Å². The number of aromatic carboxylic acids is 1. The van der Waals surface area contributed by atoms with Crippen molar-refractivity contribution in [2.75, 3.05) is 0 Å². The van der Waals surface area contributed by atoms with Gasteiger partial charge in [0.1, 0.15) is 0 Å². The molecule has 0 saturated carbocycles. The molecule has 2 N–H and O–H groups in total. The second-order valence-electron chi connectivity index (χ2n) is 3.88. The third kappa shape index (κ3) is 3.80. The lowest BCUT2D eigenvalue weighted by Crippen LogP contribution is -2.23. The highest BCUT2D eigenvalue weighted by Crippen LogP contribution is 2.30. The number of nitrogens with zero attached hydrogens (tertiary/aromatic N) is 1. The van der Waals surface area contributed by atoms with Crippen LogP contribution in [0.25, 0.3) is 0 Å². The molecule has 0 radical (unpaired) electrons. The highest BCUT2D eigenvalue weighted by atomic mass is 79.9. The molecule has 0 aliphatic carbocycles. The number of rotatable bonds is 5. The van der Waals surface area contributed by atoms with Crippen LogP contribution in [0.2, 0.25) is 5.02 Å². The van der Waals surface area contributed by atoms with Gasteiger partial charge in [-0.2, -0.15) is 0 Å². The van der Waals surface area contributed by atoms with Gasteiger partial charge in [0.05, 0.1) is 33.2 Å². The van der Waals surface area contributed by atoms with Crippen molar-refractivity contribution in [1.82, 2.24) is 9.71 Å². The van der Waals surface area contributed by atoms with Gasteiger partial charge in [0, 0.05) is 9.85 Å². The molecule has 1 aromatic carbocycles. The summed E-state index contributed by atoms with van der Waals surface area (Å²) in [6, 6.07) is 2.26. The minimum Gasteiger partial charge on any atom is -0.478 e. The third-order valence-electron chi connectivity index (χ3n) is 2.47. The Labute approximate surface area is 138 Å². The SMILES string of the molecule is O=C(O)c1cc(S(=O)(=O)NCc2cscn2)cc(Br)c1Cl. The first-order valence-electron chi connectivity index (χ1n) is 5.40. The van der Waals surface area contributed by atoms with Crippen molar-refractivity contribution < 1.29 is 18.3 Å². The van der Waals surface area contributed by atoms with Gasteiger partial charge < -0.3 is 5.11 Å². The molecule has 2 rings (SSSR count). The van der Waals surface area contributed by atoms with Crippen molar-refractivity contribution in [3.8, 4) is 0 Å². The Balaban J connectivity index is 2.33. The van der Waals surface area contributed by atoms with E-state index in [-0.39, 0.29) is 26.5 Å². The average Bonchev–Trinajstić information content (AvgIpc) is 2.92. The lowest BCUT2D eigenvalue weighted by molar-refractivity contribution is 0.0696. The van der Waals surface area contributed by atoms with Crippen molar-refractivity contribution in [2.45, 2.75) is 11.4 Å². The smallest absolute Gasteiger partial charge is 0.337 e. The topological polar surface area (TPSA) is 96.4 Å². The minimum absolute atomic E-state index is 0.0223. The van der Waals surface area contributed by atoms with Gasteiger partial charge in [0.25, 0.3) is 0 Å². The van der Waals surface area contributed by atoms with Crippen LogP contribution < -0.4 is 4.72 Å². The number of benzene rings is 1. The van der Waals surface area contributed by atoms with E-state index in [1.54, 1.807) is 10.9 Å². The van der Waals surface area contributed by atoms with Crippen LogP contribution in [0.1, 0.15) is 16.1 Å². The normalized spacial score (nSPS) is 11.5. The van der Waals surface area contributed by atoms with Gasteiger partial charge in [-0.1, -0.05) is 11.6 Å². The maximum absolute atomic E-state index is 12.2. The Morgan fingerprint density at radius 1 is 1.48 bits per heavy atom. The number of hydrogen-bond donors (Lipinski definition) is 2. The van der Waals surface area contributed by atoms with Gasteiger partial charge in [-0.3, -0.25) is 0 Å². The van der Waals surface area contributed by atoms with Gasteiger partial charge in [0.15, 0.2) is 0 Å². The Morgan fingerprint density at radius 2 is 2.19 bits per heavy atom. The van der Waals surface area contributed by atoms with E-state index in [0.29, 0.717) is 5.69 Å². The molecule has 112 valence electrons. The van der Waals surface area contributed by atoms with Crippen molar-refractivity contribution >= 4 is 54.9 Å². The highest BCUT2D eigenvalue weighted by Gasteiger charge is 2.21. The number of carboxylic acids is 1. The molecule has 0 atom stereocenters. The van der Waals surface area contributed by atoms with Crippen LogP contribution in [0.15, 0.2) is 32.4 Å². The molecule has 0 saturated heterocycles. The summed E-state index contributed by atoms with van der Waals surface area (Å²) in [7, 11) is -3.87. The predicted octanol–water partition coefficient (Wildman–Crippen LogP) is 2.74. The molecule has 1 aromatic heterocycles. The van der Waals surface area contributed by atoms with Crippen LogP contribution in [0.5, 0.6) is 0 Å². The van der Waals surface area contributed by atoms with Gasteiger partial charge >= 0.3 is 5.97 Å². The Morgan fingerprint density at radius 3 is 2.76 bits per heavy atom. The second-order valence-corrected chi connectivity index (χ2v) is 7.59. The third-order valence-corrected chi connectivity index (χ3v) is 5.75. The van der Waals surface area contributed by atoms with Crippen LogP contribution in [0.4, 0.5) is 0 Å². The molecule has 10 heteroatoms. The predicted molar refractivity (Wildman–Crippen MR) is 82.3 cm³/mol. The number of halogens is 2. The number of aromatic nitrogens is 1. The number of carboxylic acid groups (broad SMARTS) is 1. The Kier molecular flexibility index (Phi) is 4.99. The monoisotopic (exact) mass is 410 g/mol. The first-order valence-corrected chi connectivity index (χ1v) is 9.00. The largest absolute Gasteiger partial charge is 0.478 e. The Hall–Kier alpha value is -1.00. The lowest BCUT2D eigenvalue weighted by Gasteiger charge is -2.09. The molecular weight excluding hydrogens is 404 g/mol. The number of sulfonamides is 1. The fraction of sp³-hybridized carbons (Fsp3) is 0.0909. The highest BCUT2D eigenvalue weighted by molar-refractivity contribution is 9.10. The summed E-state index contributed by atoms with van der Waals surface area (Å²) < 4.78 is 26.9. The van der Waals surface area contributed by atoms with Crippen molar-refractivity contribution in [3.05, 3.63) is 43.8 Å². The zero-order valence-corrected chi connectivity index (χ0v) is 14.2. The van der Waals surface area contributed by atoms with E-state index in [4.69, 9.17) is 16.7 Å². The maximum Gasteiger partial charge on any atom is 0.337 e. The average molecular weight is 412 g/mol. The number of thiazole rings is 1. The summed E-state index contributed by atoms with van der Waals surface area (Å²) in [5.41, 5.74) is 1.88. The van der Waals surface area contributed by atoms with E-state index in [2.05, 4.69) is 25.6 Å². The molecule has 0 aliphatic heterocycles. The zero-order valence-electron chi connectivity index (χ0n) is 10.2. The van der Waals surface area contributed by atoms with E-state index in [9.17, 15) is 13.2 Å². The number of hydrogen-bond acceptors (Lipinski definition) is 5. The maximum atomic E-state index is 12.2. The summed E-state index contributed by atoms with van der Waals surface area (Å²) in [5.74, 6) is -1.31. The van der Waals surface area contributed by atoms with Gasteiger partial charge in [0.2, 0.25) is 10.0 Å². The number of nitrogens with one attached hydrogen (secondary N) is 1. The lowest BCUT2D eigenvalue weighted by atomic mass is 10.2. The molecule has 0 aliphatic rings. The number of carbonyl (C=O) groups is 1. The zero-order chi connectivity index (χ0) is 15.6. The molecule has 2 aromatic rings. The molecular formula is C11H8BrClN2O4S2. The standard InChI is InChI=1S/C11H8BrClN2O4S2/c12-9-2-7(1-8(10(9)13)11(16)17)21(18,19)15-3-6-4-20-5-14-6/h1-2,4-5,15H,3H2,(H,16,17). The van der Waals surface area contributed by atoms with Crippen molar-refractivity contribution in [3.63, 3.8) is 0 Å². The quantitative estimate of drug-likeness (QED) is 0.788. The van der Waals surface area contributed by atoms with E-state index in [0.717, 1.165) is 6.07 Å². The molecule has 1 heterocycles. The minimum atomic E-state index is -3.87. The van der Waals surface area contributed by atoms with E-state index in [1.165, 1.54) is 17.4 Å². The summed E-state index contributed by atoms with van der Waals surface area (Å²) in [5, 5.41) is 10.7. The van der Waals surface area contributed by atoms with Crippen molar-refractivity contribution in [1.29, 1.82) is 0 Å². The van der Waals surface area contributed by atoms with Crippen LogP contribution in [0.3, 0.4) is 0 Å². The first kappa shape index (κ1) is 16.4. The molecule has 21 heavy (non-hydrogen) atoms. The van der Waals surface area contributed by atoms with Crippen LogP contribution >= 0.6 is 38.9 Å². The summed E-state index contributed by atoms with van der Waals surface area (Å²) in [4.78, 5) is 14.8. The molecule has 0 spiro atoms. The van der Waals surface area contributed by atoms with Crippen LogP contribution in [-0.4, -0.2) is 24.5 Å². The summed E-state index contributed by atoms with van der Waals surface area (Å²) in [6.07, 6.45) is 0. The second kappa shape index (κ2) is 6.41. The molecule has 0 fully saturated rings. The summed E-state index contributed by atoms with van der Waals surface area (Å²) in [6.45, 7) is 0.0223. The first-order chi connectivity index (χ1) is 9.81. The van der Waals surface area contributed by atoms with E-state index < -0.39 is 16.0 Å². The molecule has 0 unspecified atom stereocenters. The molecule has 0 amide bonds. The van der Waals surface area contributed by atoms with E-state index >= 15 is 0 Å². The molecule has 0 bridgehead atoms. The van der Waals surface area contributed by atoms with Crippen molar-refractivity contribution in [2.24, 2.45) is 0 Å². The van der Waals surface area contributed by atoms with Gasteiger partial charge in [-0.05, 0) is 28.1 Å². The van der Waals surface area contributed by atoms with Gasteiger partial charge in [-0.25, -0.2) is 22.9 Å².